The maximum atomic E-state index is 6.02. The first-order valence-corrected chi connectivity index (χ1v) is 7.69. The third-order valence-corrected chi connectivity index (χ3v) is 4.55. The number of hydrogen-bond acceptors (Lipinski definition) is 5. The van der Waals surface area contributed by atoms with Crippen molar-refractivity contribution in [1.82, 2.24) is 4.90 Å². The van der Waals surface area contributed by atoms with Gasteiger partial charge in [0.1, 0.15) is 6.10 Å². The molecule has 0 bridgehead atoms. The molecule has 1 aromatic rings. The molecule has 2 atom stereocenters. The number of likely N-dealkylation sites (tertiary alicyclic amines) is 1. The van der Waals surface area contributed by atoms with Crippen molar-refractivity contribution in [3.63, 3.8) is 0 Å². The average molecular weight is 292 g/mol. The summed E-state index contributed by atoms with van der Waals surface area (Å²) in [6, 6.07) is 8.40. The van der Waals surface area contributed by atoms with Crippen LogP contribution in [0.4, 0.5) is 0 Å². The molecule has 5 nitrogen and oxygen atoms in total. The molecule has 1 heterocycles. The van der Waals surface area contributed by atoms with E-state index >= 15 is 0 Å². The van der Waals surface area contributed by atoms with Crippen molar-refractivity contribution >= 4 is 0 Å². The van der Waals surface area contributed by atoms with Crippen molar-refractivity contribution in [3.05, 3.63) is 24.3 Å². The lowest BCUT2D eigenvalue weighted by atomic mass is 9.89. The topological polar surface area (TPSA) is 57.0 Å². The number of para-hydroxylation sites is 2. The highest BCUT2D eigenvalue weighted by Crippen LogP contribution is 2.32. The molecule has 2 aliphatic rings. The smallest absolute Gasteiger partial charge is 0.161 e. The summed E-state index contributed by atoms with van der Waals surface area (Å²) < 4.78 is 11.3. The van der Waals surface area contributed by atoms with Gasteiger partial charge in [-0.05, 0) is 37.8 Å². The van der Waals surface area contributed by atoms with Crippen LogP contribution in [-0.4, -0.2) is 43.3 Å². The van der Waals surface area contributed by atoms with Crippen molar-refractivity contribution < 1.29 is 14.3 Å². The van der Waals surface area contributed by atoms with Gasteiger partial charge in [0.2, 0.25) is 0 Å². The van der Waals surface area contributed by atoms with Gasteiger partial charge in [0.15, 0.2) is 11.5 Å². The van der Waals surface area contributed by atoms with Crippen LogP contribution in [-0.2, 0) is 4.84 Å². The Morgan fingerprint density at radius 1 is 1.10 bits per heavy atom. The molecule has 1 aromatic carbocycles. The minimum Gasteiger partial charge on any atom is -0.493 e. The molecule has 0 spiro atoms. The summed E-state index contributed by atoms with van der Waals surface area (Å²) in [6.07, 6.45) is 5.03. The van der Waals surface area contributed by atoms with Gasteiger partial charge in [-0.15, -0.1) is 0 Å². The normalized spacial score (nSPS) is 27.1. The van der Waals surface area contributed by atoms with E-state index in [2.05, 4.69) is 4.90 Å². The maximum Gasteiger partial charge on any atom is 0.161 e. The summed E-state index contributed by atoms with van der Waals surface area (Å²) in [4.78, 5) is 7.50. The molecule has 5 heteroatoms. The Balaban J connectivity index is 1.49. The molecule has 0 amide bonds. The molecule has 1 aliphatic heterocycles. The zero-order chi connectivity index (χ0) is 14.7. The number of benzene rings is 1. The molecule has 116 valence electrons. The molecule has 1 saturated carbocycles. The van der Waals surface area contributed by atoms with Crippen molar-refractivity contribution in [2.45, 2.75) is 43.9 Å². The molecular formula is C16H24N2O3. The summed E-state index contributed by atoms with van der Waals surface area (Å²) >= 11 is 0. The minimum absolute atomic E-state index is 0.220. The van der Waals surface area contributed by atoms with Crippen LogP contribution in [0.15, 0.2) is 24.3 Å². The van der Waals surface area contributed by atoms with Gasteiger partial charge in [-0.1, -0.05) is 12.1 Å². The van der Waals surface area contributed by atoms with Gasteiger partial charge < -0.3 is 14.3 Å². The van der Waals surface area contributed by atoms with Crippen LogP contribution in [0.25, 0.3) is 0 Å². The molecule has 3 rings (SSSR count). The lowest BCUT2D eigenvalue weighted by Crippen LogP contribution is -2.59. The van der Waals surface area contributed by atoms with Crippen LogP contribution in [0.1, 0.15) is 25.7 Å². The number of ether oxygens (including phenoxy) is 2. The quantitative estimate of drug-likeness (QED) is 0.841. The van der Waals surface area contributed by atoms with E-state index in [1.54, 1.807) is 7.11 Å². The van der Waals surface area contributed by atoms with Crippen LogP contribution in [0, 0.1) is 0 Å². The standard InChI is InChI=1S/C16H24N2O3/c1-19-15-7-2-3-8-16(15)20-14-10-18(11-14)12-5-4-6-13(9-12)21-17/h2-3,7-8,12-14H,4-6,9-11,17H2,1H3. The van der Waals surface area contributed by atoms with Crippen molar-refractivity contribution in [1.29, 1.82) is 0 Å². The summed E-state index contributed by atoms with van der Waals surface area (Å²) in [5.41, 5.74) is 0. The Bertz CT molecular complexity index is 463. The predicted molar refractivity (Wildman–Crippen MR) is 80.3 cm³/mol. The molecule has 2 unspecified atom stereocenters. The highest BCUT2D eigenvalue weighted by Gasteiger charge is 2.36. The van der Waals surface area contributed by atoms with E-state index in [1.165, 1.54) is 12.8 Å². The predicted octanol–water partition coefficient (Wildman–Crippen LogP) is 1.96. The Morgan fingerprint density at radius 3 is 2.57 bits per heavy atom. The molecule has 2 N–H and O–H groups in total. The van der Waals surface area contributed by atoms with E-state index in [9.17, 15) is 0 Å². The lowest BCUT2D eigenvalue weighted by Gasteiger charge is -2.46. The van der Waals surface area contributed by atoms with Gasteiger partial charge in [0.05, 0.1) is 13.2 Å². The molecule has 0 aromatic heterocycles. The van der Waals surface area contributed by atoms with Gasteiger partial charge in [0.25, 0.3) is 0 Å². The summed E-state index contributed by atoms with van der Waals surface area (Å²) in [5.74, 6) is 6.96. The lowest BCUT2D eigenvalue weighted by molar-refractivity contribution is -0.0534. The Morgan fingerprint density at radius 2 is 1.86 bits per heavy atom. The molecule has 2 fully saturated rings. The monoisotopic (exact) mass is 292 g/mol. The Labute approximate surface area is 125 Å². The van der Waals surface area contributed by atoms with Crippen molar-refractivity contribution in [2.24, 2.45) is 5.90 Å². The second-order valence-corrected chi connectivity index (χ2v) is 5.92. The fourth-order valence-corrected chi connectivity index (χ4v) is 3.31. The first-order chi connectivity index (χ1) is 10.3. The third-order valence-electron chi connectivity index (χ3n) is 4.55. The molecule has 1 aliphatic carbocycles. The summed E-state index contributed by atoms with van der Waals surface area (Å²) in [7, 11) is 1.67. The van der Waals surface area contributed by atoms with Gasteiger partial charge >= 0.3 is 0 Å². The van der Waals surface area contributed by atoms with E-state index in [0.717, 1.165) is 37.4 Å². The summed E-state index contributed by atoms with van der Waals surface area (Å²) in [6.45, 7) is 1.94. The number of hydrogen-bond donors (Lipinski definition) is 1. The van der Waals surface area contributed by atoms with E-state index < -0.39 is 0 Å². The minimum atomic E-state index is 0.220. The number of nitrogens with two attached hydrogens (primary N) is 1. The Hall–Kier alpha value is -1.30. The van der Waals surface area contributed by atoms with Crippen molar-refractivity contribution in [2.75, 3.05) is 20.2 Å². The van der Waals surface area contributed by atoms with E-state index in [4.69, 9.17) is 20.2 Å². The molecule has 1 saturated heterocycles. The SMILES string of the molecule is COc1ccccc1OC1CN(C2CCCC(ON)C2)C1. The zero-order valence-corrected chi connectivity index (χ0v) is 12.5. The second kappa shape index (κ2) is 6.64. The number of rotatable bonds is 5. The maximum absolute atomic E-state index is 6.02. The van der Waals surface area contributed by atoms with Crippen LogP contribution in [0.5, 0.6) is 11.5 Å². The first kappa shape index (κ1) is 14.6. The molecule has 21 heavy (non-hydrogen) atoms. The van der Waals surface area contributed by atoms with Gasteiger partial charge in [-0.25, -0.2) is 5.90 Å². The third kappa shape index (κ3) is 3.31. The second-order valence-electron chi connectivity index (χ2n) is 5.92. The highest BCUT2D eigenvalue weighted by molar-refractivity contribution is 5.39. The van der Waals surface area contributed by atoms with E-state index in [0.29, 0.717) is 6.04 Å². The number of nitrogens with zero attached hydrogens (tertiary/aromatic N) is 1. The molecular weight excluding hydrogens is 268 g/mol. The Kier molecular flexibility index (Phi) is 4.63. The van der Waals surface area contributed by atoms with Crippen LogP contribution in [0.3, 0.4) is 0 Å². The van der Waals surface area contributed by atoms with E-state index in [1.807, 2.05) is 24.3 Å². The highest BCUT2D eigenvalue weighted by atomic mass is 16.6. The average Bonchev–Trinajstić information content (AvgIpc) is 2.50. The fourth-order valence-electron chi connectivity index (χ4n) is 3.31. The fraction of sp³-hybridized carbons (Fsp3) is 0.625. The van der Waals surface area contributed by atoms with Crippen LogP contribution in [0.2, 0.25) is 0 Å². The van der Waals surface area contributed by atoms with Gasteiger partial charge in [-0.3, -0.25) is 4.90 Å². The van der Waals surface area contributed by atoms with Crippen molar-refractivity contribution in [3.8, 4) is 11.5 Å². The zero-order valence-electron chi connectivity index (χ0n) is 12.5. The van der Waals surface area contributed by atoms with E-state index in [-0.39, 0.29) is 12.2 Å². The van der Waals surface area contributed by atoms with Gasteiger partial charge in [-0.2, -0.15) is 0 Å². The van der Waals surface area contributed by atoms with Crippen LogP contribution >= 0.6 is 0 Å². The van der Waals surface area contributed by atoms with Gasteiger partial charge in [0, 0.05) is 19.1 Å². The summed E-state index contributed by atoms with van der Waals surface area (Å²) in [5, 5.41) is 0. The largest absolute Gasteiger partial charge is 0.493 e. The number of methoxy groups -OCH3 is 1. The van der Waals surface area contributed by atoms with Crippen LogP contribution < -0.4 is 15.4 Å². The first-order valence-electron chi connectivity index (χ1n) is 7.69. The molecule has 0 radical (unpaired) electrons.